The van der Waals surface area contributed by atoms with Crippen molar-refractivity contribution in [2.24, 2.45) is 5.41 Å². The molecule has 0 heterocycles. The van der Waals surface area contributed by atoms with Crippen molar-refractivity contribution in [3.8, 4) is 0 Å². The fourth-order valence-corrected chi connectivity index (χ4v) is 4.27. The number of methoxy groups -OCH3 is 1. The second-order valence-corrected chi connectivity index (χ2v) is 7.50. The first-order chi connectivity index (χ1) is 13.1. The van der Waals surface area contributed by atoms with Crippen LogP contribution in [-0.4, -0.2) is 39.5 Å². The Morgan fingerprint density at radius 2 is 1.07 bits per heavy atom. The van der Waals surface area contributed by atoms with E-state index in [2.05, 4.69) is 13.8 Å². The first-order valence-electron chi connectivity index (χ1n) is 11.5. The van der Waals surface area contributed by atoms with Gasteiger partial charge >= 0.3 is 0 Å². The molecular formula is C23H48O4. The van der Waals surface area contributed by atoms with E-state index in [0.29, 0.717) is 19.8 Å². The summed E-state index contributed by atoms with van der Waals surface area (Å²) in [5, 5.41) is 0. The van der Waals surface area contributed by atoms with Crippen LogP contribution in [0.3, 0.4) is 0 Å². The molecule has 0 N–H and O–H groups in total. The predicted molar refractivity (Wildman–Crippen MR) is 114 cm³/mol. The van der Waals surface area contributed by atoms with Crippen molar-refractivity contribution < 1.29 is 18.9 Å². The van der Waals surface area contributed by atoms with Crippen molar-refractivity contribution in [3.63, 3.8) is 0 Å². The second-order valence-electron chi connectivity index (χ2n) is 7.50. The molecule has 0 amide bonds. The first kappa shape index (κ1) is 26.8. The molecule has 0 fully saturated rings. The van der Waals surface area contributed by atoms with Crippen molar-refractivity contribution in [2.45, 2.75) is 111 Å². The molecule has 164 valence electrons. The molecule has 0 spiro atoms. The fourth-order valence-electron chi connectivity index (χ4n) is 4.27. The van der Waals surface area contributed by atoms with Gasteiger partial charge < -0.3 is 18.9 Å². The highest BCUT2D eigenvalue weighted by Gasteiger charge is 2.53. The Morgan fingerprint density at radius 3 is 1.56 bits per heavy atom. The van der Waals surface area contributed by atoms with Gasteiger partial charge in [-0.25, -0.2) is 0 Å². The van der Waals surface area contributed by atoms with Gasteiger partial charge in [0.05, 0.1) is 5.41 Å². The Labute approximate surface area is 169 Å². The maximum absolute atomic E-state index is 6.27. The van der Waals surface area contributed by atoms with Crippen molar-refractivity contribution >= 4 is 0 Å². The minimum absolute atomic E-state index is 0.132. The molecule has 27 heavy (non-hydrogen) atoms. The van der Waals surface area contributed by atoms with E-state index in [1.165, 1.54) is 38.5 Å². The molecule has 0 saturated heterocycles. The van der Waals surface area contributed by atoms with E-state index in [9.17, 15) is 0 Å². The van der Waals surface area contributed by atoms with Crippen LogP contribution in [0.25, 0.3) is 0 Å². The van der Waals surface area contributed by atoms with Gasteiger partial charge in [0.2, 0.25) is 0 Å². The van der Waals surface area contributed by atoms with E-state index >= 15 is 0 Å². The molecule has 0 bridgehead atoms. The van der Waals surface area contributed by atoms with Crippen LogP contribution in [0.15, 0.2) is 0 Å². The van der Waals surface area contributed by atoms with Gasteiger partial charge in [0.1, 0.15) is 0 Å². The number of rotatable bonds is 20. The summed E-state index contributed by atoms with van der Waals surface area (Å²) in [6.45, 7) is 13.1. The van der Waals surface area contributed by atoms with E-state index in [1.807, 2.05) is 20.8 Å². The average molecular weight is 389 g/mol. The Hall–Kier alpha value is -0.160. The molecule has 1 unspecified atom stereocenters. The molecule has 4 nitrogen and oxygen atoms in total. The summed E-state index contributed by atoms with van der Waals surface area (Å²) in [6.07, 6.45) is 13.0. The lowest BCUT2D eigenvalue weighted by Crippen LogP contribution is -2.55. The third-order valence-corrected chi connectivity index (χ3v) is 5.39. The van der Waals surface area contributed by atoms with Crippen LogP contribution in [0.2, 0.25) is 0 Å². The van der Waals surface area contributed by atoms with Gasteiger partial charge in [-0.15, -0.1) is 0 Å². The quantitative estimate of drug-likeness (QED) is 0.171. The van der Waals surface area contributed by atoms with E-state index in [1.54, 1.807) is 7.11 Å². The molecule has 0 aromatic carbocycles. The SMILES string of the molecule is CCCCCCCCC(CCC)(CCCOC)C(OCC)(OCC)OCC. The Balaban J connectivity index is 5.47. The Morgan fingerprint density at radius 1 is 0.556 bits per heavy atom. The summed E-state index contributed by atoms with van der Waals surface area (Å²) < 4.78 is 24.2. The van der Waals surface area contributed by atoms with Gasteiger partial charge in [-0.05, 0) is 46.5 Å². The highest BCUT2D eigenvalue weighted by atomic mass is 16.9. The van der Waals surface area contributed by atoms with E-state index in [-0.39, 0.29) is 5.41 Å². The lowest BCUT2D eigenvalue weighted by Gasteiger charge is -2.49. The van der Waals surface area contributed by atoms with E-state index in [4.69, 9.17) is 18.9 Å². The van der Waals surface area contributed by atoms with E-state index in [0.717, 1.165) is 38.7 Å². The van der Waals surface area contributed by atoms with Crippen LogP contribution in [0.1, 0.15) is 105 Å². The molecule has 0 rings (SSSR count). The average Bonchev–Trinajstić information content (AvgIpc) is 2.65. The van der Waals surface area contributed by atoms with Crippen molar-refractivity contribution in [2.75, 3.05) is 33.5 Å². The smallest absolute Gasteiger partial charge is 0.288 e. The molecule has 0 radical (unpaired) electrons. The highest BCUT2D eigenvalue weighted by molar-refractivity contribution is 4.89. The second kappa shape index (κ2) is 16.8. The topological polar surface area (TPSA) is 36.9 Å². The third kappa shape index (κ3) is 9.25. The molecule has 0 aliphatic heterocycles. The Kier molecular flexibility index (Phi) is 16.7. The number of ether oxygens (including phenoxy) is 4. The van der Waals surface area contributed by atoms with Crippen LogP contribution in [0.5, 0.6) is 0 Å². The summed E-state index contributed by atoms with van der Waals surface area (Å²) in [5.41, 5.74) is -0.132. The van der Waals surface area contributed by atoms with Gasteiger partial charge in [0.25, 0.3) is 5.97 Å². The van der Waals surface area contributed by atoms with Crippen molar-refractivity contribution in [1.82, 2.24) is 0 Å². The lowest BCUT2D eigenvalue weighted by molar-refractivity contribution is -0.432. The van der Waals surface area contributed by atoms with Crippen molar-refractivity contribution in [1.29, 1.82) is 0 Å². The Bertz CT molecular complexity index is 304. The molecule has 0 aliphatic carbocycles. The van der Waals surface area contributed by atoms with Gasteiger partial charge in [-0.2, -0.15) is 0 Å². The first-order valence-corrected chi connectivity index (χ1v) is 11.5. The monoisotopic (exact) mass is 388 g/mol. The van der Waals surface area contributed by atoms with Crippen LogP contribution in [0, 0.1) is 5.41 Å². The number of hydrogen-bond donors (Lipinski definition) is 0. The minimum atomic E-state index is -0.946. The standard InChI is InChI=1S/C23H48O4/c1-7-12-13-14-15-16-19-22(18-8-2,20-17-21-24-6)23(25-9-3,26-10-4)27-11-5/h7-21H2,1-6H3. The number of hydrogen-bond acceptors (Lipinski definition) is 4. The van der Waals surface area contributed by atoms with Gasteiger partial charge in [-0.3, -0.25) is 0 Å². The fraction of sp³-hybridized carbons (Fsp3) is 1.00. The van der Waals surface area contributed by atoms with E-state index < -0.39 is 5.97 Å². The van der Waals surface area contributed by atoms with Crippen LogP contribution >= 0.6 is 0 Å². The summed E-state index contributed by atoms with van der Waals surface area (Å²) >= 11 is 0. The molecule has 0 aliphatic rings. The van der Waals surface area contributed by atoms with Gasteiger partial charge in [-0.1, -0.05) is 58.8 Å². The zero-order valence-corrected chi connectivity index (χ0v) is 19.2. The largest absolute Gasteiger partial charge is 0.385 e. The van der Waals surface area contributed by atoms with Crippen LogP contribution in [0.4, 0.5) is 0 Å². The third-order valence-electron chi connectivity index (χ3n) is 5.39. The summed E-state index contributed by atoms with van der Waals surface area (Å²) in [4.78, 5) is 0. The van der Waals surface area contributed by atoms with Crippen LogP contribution < -0.4 is 0 Å². The summed E-state index contributed by atoms with van der Waals surface area (Å²) in [7, 11) is 1.77. The minimum Gasteiger partial charge on any atom is -0.385 e. The molecule has 4 heteroatoms. The maximum Gasteiger partial charge on any atom is 0.288 e. The molecule has 0 aromatic heterocycles. The number of unbranched alkanes of at least 4 members (excludes halogenated alkanes) is 5. The lowest BCUT2D eigenvalue weighted by atomic mass is 9.72. The molecular weight excluding hydrogens is 340 g/mol. The van der Waals surface area contributed by atoms with Gasteiger partial charge in [0, 0.05) is 33.5 Å². The zero-order valence-electron chi connectivity index (χ0n) is 19.2. The highest BCUT2D eigenvalue weighted by Crippen LogP contribution is 2.49. The molecule has 0 aromatic rings. The van der Waals surface area contributed by atoms with Gasteiger partial charge in [0.15, 0.2) is 0 Å². The molecule has 0 saturated carbocycles. The predicted octanol–water partition coefficient (Wildman–Crippen LogP) is 6.71. The maximum atomic E-state index is 6.27. The van der Waals surface area contributed by atoms with Crippen molar-refractivity contribution in [3.05, 3.63) is 0 Å². The molecule has 1 atom stereocenters. The summed E-state index contributed by atoms with van der Waals surface area (Å²) in [6, 6.07) is 0. The summed E-state index contributed by atoms with van der Waals surface area (Å²) in [5.74, 6) is -0.946. The normalized spacial score (nSPS) is 14.4. The van der Waals surface area contributed by atoms with Crippen LogP contribution in [-0.2, 0) is 18.9 Å². The zero-order chi connectivity index (χ0) is 20.4.